The Balaban J connectivity index is 1.33. The van der Waals surface area contributed by atoms with Gasteiger partial charge >= 0.3 is 0 Å². The molecule has 0 unspecified atom stereocenters. The van der Waals surface area contributed by atoms with Crippen molar-refractivity contribution in [3.63, 3.8) is 0 Å². The van der Waals surface area contributed by atoms with Crippen molar-refractivity contribution in [1.82, 2.24) is 24.6 Å². The first kappa shape index (κ1) is 18.2. The number of nitrogens with one attached hydrogen (secondary N) is 1. The first-order chi connectivity index (χ1) is 13.1. The maximum atomic E-state index is 4.77. The molecule has 2 aromatic rings. The summed E-state index contributed by atoms with van der Waals surface area (Å²) in [6, 6.07) is 2.50. The number of aryl methyl sites for hydroxylation is 2. The average molecular weight is 370 g/mol. The molecule has 3 heterocycles. The molecule has 7 nitrogen and oxygen atoms in total. The number of hydrogen-bond donors (Lipinski definition) is 1. The summed E-state index contributed by atoms with van der Waals surface area (Å²) >= 11 is 0. The normalized spacial score (nSPS) is 18.3. The van der Waals surface area contributed by atoms with E-state index in [2.05, 4.69) is 31.9 Å². The maximum absolute atomic E-state index is 4.77. The van der Waals surface area contributed by atoms with Gasteiger partial charge in [0.05, 0.1) is 11.4 Å². The van der Waals surface area contributed by atoms with Crippen molar-refractivity contribution in [2.24, 2.45) is 7.05 Å². The Hall–Kier alpha value is -2.15. The Morgan fingerprint density at radius 3 is 2.70 bits per heavy atom. The van der Waals surface area contributed by atoms with Gasteiger partial charge in [-0.15, -0.1) is 0 Å². The topological polar surface area (TPSA) is 62.1 Å². The van der Waals surface area contributed by atoms with Crippen LogP contribution in [0.25, 0.3) is 0 Å². The molecule has 0 saturated carbocycles. The minimum absolute atomic E-state index is 0.478. The third kappa shape index (κ3) is 4.08. The molecule has 1 aliphatic heterocycles. The number of hydrogen-bond acceptors (Lipinski definition) is 6. The fourth-order valence-corrected chi connectivity index (χ4v) is 4.27. The maximum Gasteiger partial charge on any atom is 0.133 e. The predicted molar refractivity (Wildman–Crippen MR) is 108 cm³/mol. The Morgan fingerprint density at radius 1 is 1.15 bits per heavy atom. The van der Waals surface area contributed by atoms with Crippen molar-refractivity contribution in [2.75, 3.05) is 37.4 Å². The molecule has 2 aromatic heterocycles. The molecule has 0 amide bonds. The van der Waals surface area contributed by atoms with Crippen LogP contribution in [-0.4, -0.2) is 57.9 Å². The third-order valence-electron chi connectivity index (χ3n) is 5.87. The van der Waals surface area contributed by atoms with Crippen LogP contribution in [0.1, 0.15) is 42.6 Å². The van der Waals surface area contributed by atoms with Crippen LogP contribution in [-0.2, 0) is 26.4 Å². The molecule has 0 aromatic carbocycles. The average Bonchev–Trinajstić information content (AvgIpc) is 2.99. The number of rotatable bonds is 5. The van der Waals surface area contributed by atoms with Gasteiger partial charge < -0.3 is 10.2 Å². The minimum atomic E-state index is 0.478. The molecule has 146 valence electrons. The van der Waals surface area contributed by atoms with Gasteiger partial charge in [-0.05, 0) is 44.1 Å². The highest BCUT2D eigenvalue weighted by Crippen LogP contribution is 2.26. The monoisotopic (exact) mass is 369 g/mol. The molecule has 0 spiro atoms. The number of likely N-dealkylation sites (tertiary alicyclic amines) is 1. The lowest BCUT2D eigenvalue weighted by atomic mass is 9.95. The summed E-state index contributed by atoms with van der Waals surface area (Å²) < 4.78 is 2.13. The van der Waals surface area contributed by atoms with Crippen LogP contribution < -0.4 is 10.2 Å². The summed E-state index contributed by atoms with van der Waals surface area (Å²) in [5.74, 6) is 1.86. The van der Waals surface area contributed by atoms with Crippen LogP contribution in [0, 0.1) is 0 Å². The zero-order chi connectivity index (χ0) is 18.8. The van der Waals surface area contributed by atoms with E-state index in [9.17, 15) is 0 Å². The van der Waals surface area contributed by atoms with Gasteiger partial charge in [0, 0.05) is 52.9 Å². The summed E-state index contributed by atoms with van der Waals surface area (Å²) in [7, 11) is 6.11. The molecule has 0 radical (unpaired) electrons. The van der Waals surface area contributed by atoms with E-state index in [1.807, 2.05) is 25.1 Å². The molecular weight excluding hydrogens is 338 g/mol. The molecule has 0 atom stereocenters. The van der Waals surface area contributed by atoms with Crippen molar-refractivity contribution < 1.29 is 0 Å². The van der Waals surface area contributed by atoms with Crippen molar-refractivity contribution >= 4 is 11.6 Å². The Kier molecular flexibility index (Phi) is 5.29. The zero-order valence-electron chi connectivity index (χ0n) is 16.8. The second-order valence-corrected chi connectivity index (χ2v) is 8.05. The summed E-state index contributed by atoms with van der Waals surface area (Å²) in [5.41, 5.74) is 4.31. The SMILES string of the molecule is CN(C)c1cc(NC2CCN(Cc3c4c(nn3C)CCCC4)CC2)ncn1. The molecule has 1 saturated heterocycles. The van der Waals surface area contributed by atoms with Crippen molar-refractivity contribution in [1.29, 1.82) is 0 Å². The van der Waals surface area contributed by atoms with Crippen LogP contribution in [0.4, 0.5) is 11.6 Å². The van der Waals surface area contributed by atoms with E-state index in [1.54, 1.807) is 6.33 Å². The minimum Gasteiger partial charge on any atom is -0.367 e. The highest BCUT2D eigenvalue weighted by atomic mass is 15.3. The number of nitrogens with zero attached hydrogens (tertiary/aromatic N) is 6. The van der Waals surface area contributed by atoms with Gasteiger partial charge in [0.15, 0.2) is 0 Å². The second kappa shape index (κ2) is 7.84. The first-order valence-electron chi connectivity index (χ1n) is 10.1. The standard InChI is InChI=1S/C20H31N7/c1-25(2)20-12-19(21-14-22-20)23-15-8-10-27(11-9-15)13-18-16-6-4-5-7-17(16)24-26(18)3/h12,14-15H,4-11,13H2,1-3H3,(H,21,22,23). The van der Waals surface area contributed by atoms with Crippen LogP contribution in [0.2, 0.25) is 0 Å². The van der Waals surface area contributed by atoms with Gasteiger partial charge in [-0.25, -0.2) is 9.97 Å². The van der Waals surface area contributed by atoms with Gasteiger partial charge in [-0.2, -0.15) is 5.10 Å². The van der Waals surface area contributed by atoms with Crippen molar-refractivity contribution in [3.8, 4) is 0 Å². The molecule has 7 heteroatoms. The van der Waals surface area contributed by atoms with Crippen molar-refractivity contribution in [3.05, 3.63) is 29.3 Å². The highest BCUT2D eigenvalue weighted by Gasteiger charge is 2.24. The van der Waals surface area contributed by atoms with E-state index in [4.69, 9.17) is 5.10 Å². The van der Waals surface area contributed by atoms with E-state index in [-0.39, 0.29) is 0 Å². The fraction of sp³-hybridized carbons (Fsp3) is 0.650. The van der Waals surface area contributed by atoms with Gasteiger partial charge in [-0.1, -0.05) is 0 Å². The molecule has 27 heavy (non-hydrogen) atoms. The van der Waals surface area contributed by atoms with Gasteiger partial charge in [0.1, 0.15) is 18.0 Å². The number of fused-ring (bicyclic) bond motifs is 1. The van der Waals surface area contributed by atoms with Gasteiger partial charge in [0.25, 0.3) is 0 Å². The molecule has 1 aliphatic carbocycles. The third-order valence-corrected chi connectivity index (χ3v) is 5.87. The van der Waals surface area contributed by atoms with Gasteiger partial charge in [-0.3, -0.25) is 9.58 Å². The summed E-state index contributed by atoms with van der Waals surface area (Å²) in [5, 5.41) is 8.36. The molecule has 1 N–H and O–H groups in total. The van der Waals surface area contributed by atoms with Crippen LogP contribution in [0.3, 0.4) is 0 Å². The predicted octanol–water partition coefficient (Wildman–Crippen LogP) is 2.23. The lowest BCUT2D eigenvalue weighted by Crippen LogP contribution is -2.39. The van der Waals surface area contributed by atoms with Gasteiger partial charge in [0.2, 0.25) is 0 Å². The Bertz CT molecular complexity index is 775. The van der Waals surface area contributed by atoms with Crippen molar-refractivity contribution in [2.45, 2.75) is 51.1 Å². The molecule has 1 fully saturated rings. The van der Waals surface area contributed by atoms with E-state index in [0.29, 0.717) is 6.04 Å². The molecule has 0 bridgehead atoms. The molecule has 2 aliphatic rings. The largest absolute Gasteiger partial charge is 0.367 e. The quantitative estimate of drug-likeness (QED) is 0.872. The first-order valence-corrected chi connectivity index (χ1v) is 10.1. The van der Waals surface area contributed by atoms with E-state index in [0.717, 1.165) is 50.5 Å². The fourth-order valence-electron chi connectivity index (χ4n) is 4.27. The smallest absolute Gasteiger partial charge is 0.133 e. The van der Waals surface area contributed by atoms with Crippen LogP contribution >= 0.6 is 0 Å². The summed E-state index contributed by atoms with van der Waals surface area (Å²) in [6.45, 7) is 3.26. The zero-order valence-corrected chi connectivity index (χ0v) is 16.8. The molecule has 4 rings (SSSR count). The Morgan fingerprint density at radius 2 is 1.93 bits per heavy atom. The Labute approximate surface area is 161 Å². The van der Waals surface area contributed by atoms with E-state index < -0.39 is 0 Å². The molecular formula is C20H31N7. The van der Waals surface area contributed by atoms with E-state index >= 15 is 0 Å². The highest BCUT2D eigenvalue weighted by molar-refractivity contribution is 5.47. The van der Waals surface area contributed by atoms with Crippen LogP contribution in [0.15, 0.2) is 12.4 Å². The van der Waals surface area contributed by atoms with Crippen LogP contribution in [0.5, 0.6) is 0 Å². The number of piperidine rings is 1. The number of aromatic nitrogens is 4. The summed E-state index contributed by atoms with van der Waals surface area (Å²) in [6.07, 6.45) is 8.88. The number of anilines is 2. The van der Waals surface area contributed by atoms with E-state index in [1.165, 1.54) is 36.2 Å². The lowest BCUT2D eigenvalue weighted by molar-refractivity contribution is 0.206. The lowest BCUT2D eigenvalue weighted by Gasteiger charge is -2.33. The summed E-state index contributed by atoms with van der Waals surface area (Å²) in [4.78, 5) is 13.3. The second-order valence-electron chi connectivity index (χ2n) is 8.05.